The van der Waals surface area contributed by atoms with Crippen LogP contribution in [0.4, 0.5) is 5.69 Å². The smallest absolute Gasteiger partial charge is 0.240 e. The topological polar surface area (TPSA) is 68.2 Å². The van der Waals surface area contributed by atoms with Gasteiger partial charge in [0.05, 0.1) is 35.3 Å². The van der Waals surface area contributed by atoms with Gasteiger partial charge in [-0.25, -0.2) is 4.90 Å². The van der Waals surface area contributed by atoms with Crippen LogP contribution in [0.1, 0.15) is 5.56 Å². The second-order valence-electron chi connectivity index (χ2n) is 7.40. The van der Waals surface area contributed by atoms with Crippen molar-refractivity contribution in [1.29, 1.82) is 0 Å². The number of rotatable bonds is 2. The molecular weight excluding hydrogens is 344 g/mol. The van der Waals surface area contributed by atoms with Crippen LogP contribution in [-0.2, 0) is 19.2 Å². The summed E-state index contributed by atoms with van der Waals surface area (Å²) in [5.74, 6) is -1.46. The molecule has 0 unspecified atom stereocenters. The van der Waals surface area contributed by atoms with Crippen molar-refractivity contribution in [2.75, 3.05) is 4.90 Å². The van der Waals surface area contributed by atoms with Gasteiger partial charge >= 0.3 is 0 Å². The Morgan fingerprint density at radius 2 is 1.37 bits per heavy atom. The summed E-state index contributed by atoms with van der Waals surface area (Å²) in [4.78, 5) is 33.2. The molecule has 3 saturated heterocycles. The van der Waals surface area contributed by atoms with Gasteiger partial charge in [0.25, 0.3) is 0 Å². The van der Waals surface area contributed by atoms with Crippen molar-refractivity contribution in [3.8, 4) is 0 Å². The molecule has 2 bridgehead atoms. The van der Waals surface area contributed by atoms with Crippen molar-refractivity contribution < 1.29 is 19.2 Å². The molecule has 6 atom stereocenters. The summed E-state index contributed by atoms with van der Waals surface area (Å²) in [5, 5.41) is 4.29. The third-order valence-electron chi connectivity index (χ3n) is 6.12. The van der Waals surface area contributed by atoms with E-state index >= 15 is 0 Å². The first-order valence-electron chi connectivity index (χ1n) is 9.13. The van der Waals surface area contributed by atoms with Gasteiger partial charge < -0.3 is 9.57 Å². The van der Waals surface area contributed by atoms with Crippen molar-refractivity contribution in [1.82, 2.24) is 0 Å². The molecule has 6 heteroatoms. The van der Waals surface area contributed by atoms with Crippen molar-refractivity contribution >= 4 is 23.2 Å². The number of oxime groups is 1. The van der Waals surface area contributed by atoms with E-state index in [0.29, 0.717) is 5.69 Å². The molecule has 2 aromatic carbocycles. The van der Waals surface area contributed by atoms with Crippen LogP contribution in [0.2, 0.25) is 0 Å². The van der Waals surface area contributed by atoms with Gasteiger partial charge in [-0.05, 0) is 17.7 Å². The quantitative estimate of drug-likeness (QED) is 0.768. The molecule has 0 radical (unpaired) electrons. The fraction of sp³-hybridized carbons (Fsp3) is 0.286. The van der Waals surface area contributed by atoms with Crippen LogP contribution in [0.5, 0.6) is 0 Å². The average molecular weight is 360 g/mol. The number of hydrogen-bond acceptors (Lipinski definition) is 5. The van der Waals surface area contributed by atoms with E-state index in [2.05, 4.69) is 5.16 Å². The van der Waals surface area contributed by atoms with Gasteiger partial charge in [-0.1, -0.05) is 53.7 Å². The van der Waals surface area contributed by atoms with E-state index in [-0.39, 0.29) is 29.9 Å². The van der Waals surface area contributed by atoms with Crippen molar-refractivity contribution in [3.05, 3.63) is 66.2 Å². The second kappa shape index (κ2) is 5.27. The Morgan fingerprint density at radius 1 is 0.741 bits per heavy atom. The Morgan fingerprint density at radius 3 is 2.07 bits per heavy atom. The number of fused-ring (bicyclic) bond motifs is 8. The summed E-state index contributed by atoms with van der Waals surface area (Å²) in [5.41, 5.74) is 2.39. The molecule has 0 N–H and O–H groups in total. The zero-order valence-electron chi connectivity index (χ0n) is 14.3. The minimum Gasteiger partial charge on any atom is -0.389 e. The summed E-state index contributed by atoms with van der Waals surface area (Å²) in [7, 11) is 0. The Kier molecular flexibility index (Phi) is 2.95. The van der Waals surface area contributed by atoms with Crippen molar-refractivity contribution in [2.24, 2.45) is 22.9 Å². The molecule has 0 aromatic heterocycles. The molecule has 0 saturated carbocycles. The number of carbonyl (C=O) groups is 2. The first-order valence-corrected chi connectivity index (χ1v) is 9.13. The van der Waals surface area contributed by atoms with Crippen molar-refractivity contribution in [2.45, 2.75) is 18.3 Å². The van der Waals surface area contributed by atoms with Crippen LogP contribution >= 0.6 is 0 Å². The van der Waals surface area contributed by atoms with Crippen LogP contribution in [0.15, 0.2) is 65.8 Å². The number of nitrogens with zero attached hydrogens (tertiary/aromatic N) is 2. The number of carbonyl (C=O) groups excluding carboxylic acids is 2. The predicted octanol–water partition coefficient (Wildman–Crippen LogP) is 1.99. The number of imide groups is 1. The SMILES string of the molecule is O=C1[C@@H]2[C@@H]3O[C@@H]([C@H]4C(c5ccccc5)=NO[C@@H]34)[C@@H]2C(=O)N1c1ccccc1. The summed E-state index contributed by atoms with van der Waals surface area (Å²) in [6.07, 6.45) is -1.12. The highest BCUT2D eigenvalue weighted by atomic mass is 16.7. The molecule has 134 valence electrons. The average Bonchev–Trinajstić information content (AvgIpc) is 3.43. The van der Waals surface area contributed by atoms with E-state index < -0.39 is 17.9 Å². The lowest BCUT2D eigenvalue weighted by atomic mass is 9.71. The minimum absolute atomic E-state index is 0.119. The van der Waals surface area contributed by atoms with E-state index in [9.17, 15) is 9.59 Å². The molecule has 2 amide bonds. The molecule has 6 nitrogen and oxygen atoms in total. The largest absolute Gasteiger partial charge is 0.389 e. The number of ether oxygens (including phenoxy) is 1. The molecule has 0 spiro atoms. The molecule has 0 aliphatic carbocycles. The normalized spacial score (nSPS) is 35.9. The van der Waals surface area contributed by atoms with Gasteiger partial charge in [0, 0.05) is 0 Å². The second-order valence-corrected chi connectivity index (χ2v) is 7.40. The maximum atomic E-state index is 13.2. The molecule has 27 heavy (non-hydrogen) atoms. The highest BCUT2D eigenvalue weighted by Gasteiger charge is 2.72. The molecule has 4 aliphatic rings. The predicted molar refractivity (Wildman–Crippen MR) is 95.9 cm³/mol. The van der Waals surface area contributed by atoms with Gasteiger partial charge in [0.15, 0.2) is 6.10 Å². The molecule has 6 rings (SSSR count). The summed E-state index contributed by atoms with van der Waals surface area (Å²) in [6.45, 7) is 0. The van der Waals surface area contributed by atoms with E-state index in [4.69, 9.17) is 9.57 Å². The highest BCUT2D eigenvalue weighted by Crippen LogP contribution is 2.55. The monoisotopic (exact) mass is 360 g/mol. The van der Waals surface area contributed by atoms with Crippen LogP contribution in [0, 0.1) is 17.8 Å². The summed E-state index contributed by atoms with van der Waals surface area (Å²) in [6, 6.07) is 18.9. The number of para-hydroxylation sites is 1. The minimum atomic E-state index is -0.491. The zero-order chi connectivity index (χ0) is 18.1. The lowest BCUT2D eigenvalue weighted by molar-refractivity contribution is -0.125. The molecule has 3 fully saturated rings. The van der Waals surface area contributed by atoms with Crippen molar-refractivity contribution in [3.63, 3.8) is 0 Å². The Labute approximate surface area is 155 Å². The third kappa shape index (κ3) is 1.85. The van der Waals surface area contributed by atoms with Crippen LogP contribution in [-0.4, -0.2) is 35.8 Å². The number of benzene rings is 2. The lowest BCUT2D eigenvalue weighted by Crippen LogP contribution is -2.45. The lowest BCUT2D eigenvalue weighted by Gasteiger charge is -2.26. The summed E-state index contributed by atoms with van der Waals surface area (Å²) < 4.78 is 6.11. The van der Waals surface area contributed by atoms with Gasteiger partial charge in [0.2, 0.25) is 11.8 Å². The maximum absolute atomic E-state index is 13.2. The third-order valence-corrected chi connectivity index (χ3v) is 6.12. The fourth-order valence-electron chi connectivity index (χ4n) is 5.04. The molecular formula is C21H16N2O4. The van der Waals surface area contributed by atoms with Gasteiger partial charge in [-0.2, -0.15) is 0 Å². The maximum Gasteiger partial charge on any atom is 0.240 e. The van der Waals surface area contributed by atoms with Gasteiger partial charge in [0.1, 0.15) is 6.10 Å². The van der Waals surface area contributed by atoms with E-state index in [1.807, 2.05) is 48.5 Å². The Hall–Kier alpha value is -2.99. The summed E-state index contributed by atoms with van der Waals surface area (Å²) >= 11 is 0. The fourth-order valence-corrected chi connectivity index (χ4v) is 5.04. The Bertz CT molecular complexity index is 974. The van der Waals surface area contributed by atoms with Crippen LogP contribution in [0.25, 0.3) is 0 Å². The zero-order valence-corrected chi connectivity index (χ0v) is 14.3. The van der Waals surface area contributed by atoms with E-state index in [0.717, 1.165) is 11.3 Å². The molecule has 4 heterocycles. The standard InChI is InChI=1S/C21H16N2O4/c24-20-13-14(21(25)23(20)12-9-5-2-6-10-12)18-19-15(17(13)26-18)16(22-27-19)11-7-3-1-4-8-11/h1-10,13-15,17-19H/t13-,14+,15-,17-,18+,19-/m1/s1. The molecule has 2 aromatic rings. The van der Waals surface area contributed by atoms with Gasteiger partial charge in [-0.15, -0.1) is 0 Å². The van der Waals surface area contributed by atoms with Gasteiger partial charge in [-0.3, -0.25) is 9.59 Å². The number of amides is 2. The number of hydrogen-bond donors (Lipinski definition) is 0. The first-order chi connectivity index (χ1) is 13.3. The Balaban J connectivity index is 1.38. The van der Waals surface area contributed by atoms with Crippen LogP contribution < -0.4 is 4.90 Å². The van der Waals surface area contributed by atoms with Crippen LogP contribution in [0.3, 0.4) is 0 Å². The van der Waals surface area contributed by atoms with E-state index in [1.54, 1.807) is 12.1 Å². The number of anilines is 1. The molecule has 4 aliphatic heterocycles. The first kappa shape index (κ1) is 15.1. The highest BCUT2D eigenvalue weighted by molar-refractivity contribution is 6.23. The van der Waals surface area contributed by atoms with E-state index in [1.165, 1.54) is 4.90 Å².